The van der Waals surface area contributed by atoms with E-state index in [0.29, 0.717) is 54.3 Å². The number of nitrogens with zero attached hydrogens (tertiary/aromatic N) is 6. The van der Waals surface area contributed by atoms with Crippen LogP contribution in [0.25, 0.3) is 49.6 Å². The second kappa shape index (κ2) is 21.8. The van der Waals surface area contributed by atoms with Gasteiger partial charge in [0.15, 0.2) is 11.5 Å². The first-order valence-electron chi connectivity index (χ1n) is 23.9. The van der Waals surface area contributed by atoms with E-state index in [9.17, 15) is 19.8 Å². The van der Waals surface area contributed by atoms with E-state index in [4.69, 9.17) is 28.3 Å². The number of unbranched alkanes of at least 4 members (excludes halogenated alkanes) is 2. The lowest BCUT2D eigenvalue weighted by atomic mass is 9.99. The molecule has 364 valence electrons. The van der Waals surface area contributed by atoms with Crippen molar-refractivity contribution in [2.75, 3.05) is 10.6 Å². The molecule has 0 saturated carbocycles. The maximum atomic E-state index is 13.5. The van der Waals surface area contributed by atoms with Crippen molar-refractivity contribution in [3.8, 4) is 39.6 Å². The van der Waals surface area contributed by atoms with Crippen molar-refractivity contribution in [1.82, 2.24) is 9.78 Å². The van der Waals surface area contributed by atoms with E-state index < -0.39 is 11.8 Å². The fourth-order valence-corrected chi connectivity index (χ4v) is 8.83. The molecule has 10 aromatic rings. The molecule has 12 nitrogen and oxygen atoms in total. The fourth-order valence-electron chi connectivity index (χ4n) is 8.58. The third-order valence-corrected chi connectivity index (χ3v) is 13.0. The molecule has 0 fully saturated rings. The predicted octanol–water partition coefficient (Wildman–Crippen LogP) is 17.3. The van der Waals surface area contributed by atoms with Crippen LogP contribution < -0.4 is 10.6 Å². The van der Waals surface area contributed by atoms with E-state index in [2.05, 4.69) is 62.3 Å². The maximum Gasteiger partial charge on any atom is 0.259 e. The van der Waals surface area contributed by atoms with Crippen LogP contribution in [-0.4, -0.2) is 31.8 Å². The van der Waals surface area contributed by atoms with E-state index in [1.807, 2.05) is 108 Å². The van der Waals surface area contributed by atoms with E-state index in [1.165, 1.54) is 12.0 Å². The number of hydrogen-bond acceptors (Lipinski definition) is 9. The number of nitrogens with one attached hydrogen (secondary N) is 2. The number of azo groups is 2. The number of benzene rings is 9. The van der Waals surface area contributed by atoms with Gasteiger partial charge in [-0.05, 0) is 132 Å². The second-order valence-electron chi connectivity index (χ2n) is 17.6. The zero-order valence-corrected chi connectivity index (χ0v) is 41.4. The van der Waals surface area contributed by atoms with Crippen LogP contribution in [0.5, 0.6) is 11.5 Å². The van der Waals surface area contributed by atoms with Crippen molar-refractivity contribution in [3.05, 3.63) is 215 Å². The number of hydrogen-bond donors (Lipinski definition) is 4. The van der Waals surface area contributed by atoms with Crippen molar-refractivity contribution in [3.63, 3.8) is 0 Å². The van der Waals surface area contributed by atoms with E-state index in [1.54, 1.807) is 60.7 Å². The number of carbonyl (C=O) groups is 2. The Morgan fingerprint density at radius 1 is 0.554 bits per heavy atom. The Morgan fingerprint density at radius 2 is 1.03 bits per heavy atom. The molecule has 1 heterocycles. The molecule has 0 saturated heterocycles. The van der Waals surface area contributed by atoms with Gasteiger partial charge in [-0.2, -0.15) is 15.3 Å². The first-order valence-corrected chi connectivity index (χ1v) is 24.7. The van der Waals surface area contributed by atoms with Crippen molar-refractivity contribution in [2.24, 2.45) is 20.5 Å². The molecule has 0 aliphatic heterocycles. The summed E-state index contributed by atoms with van der Waals surface area (Å²) in [7, 11) is 0. The van der Waals surface area contributed by atoms with Gasteiger partial charge in [-0.1, -0.05) is 128 Å². The Balaban J connectivity index is 0.935. The van der Waals surface area contributed by atoms with Crippen molar-refractivity contribution < 1.29 is 19.8 Å². The quantitative estimate of drug-likeness (QED) is 0.0592. The summed E-state index contributed by atoms with van der Waals surface area (Å²) < 4.78 is 1.82. The number of aryl methyl sites for hydroxylation is 1. The first kappa shape index (κ1) is 48.6. The third kappa shape index (κ3) is 10.8. The second-order valence-corrected chi connectivity index (χ2v) is 18.4. The van der Waals surface area contributed by atoms with Gasteiger partial charge in [0.2, 0.25) is 0 Å². The lowest BCUT2D eigenvalue weighted by Crippen LogP contribution is -2.12. The van der Waals surface area contributed by atoms with Gasteiger partial charge in [0.05, 0.1) is 28.2 Å². The minimum atomic E-state index is -0.509. The molecule has 0 aliphatic rings. The third-order valence-electron chi connectivity index (χ3n) is 12.5. The highest BCUT2D eigenvalue weighted by atomic mass is 35.5. The molecule has 0 radical (unpaired) electrons. The summed E-state index contributed by atoms with van der Waals surface area (Å²) in [5.74, 6) is -1.61. The summed E-state index contributed by atoms with van der Waals surface area (Å²) in [6.45, 7) is 2.20. The van der Waals surface area contributed by atoms with Crippen molar-refractivity contribution in [1.29, 1.82) is 0 Å². The fraction of sp³-hybridized carbons (Fsp3) is 0.0833. The van der Waals surface area contributed by atoms with Crippen LogP contribution >= 0.6 is 23.2 Å². The Morgan fingerprint density at radius 3 is 1.53 bits per heavy atom. The van der Waals surface area contributed by atoms with Gasteiger partial charge in [0, 0.05) is 49.5 Å². The number of aromatic hydroxyl groups is 2. The van der Waals surface area contributed by atoms with Gasteiger partial charge in [-0.3, -0.25) is 9.59 Å². The normalized spacial score (nSPS) is 11.5. The lowest BCUT2D eigenvalue weighted by Gasteiger charge is -2.11. The molecule has 9 aromatic carbocycles. The summed E-state index contributed by atoms with van der Waals surface area (Å²) in [6.07, 6.45) is 6.44. The molecule has 74 heavy (non-hydrogen) atoms. The molecule has 0 atom stereocenters. The zero-order chi connectivity index (χ0) is 51.1. The summed E-state index contributed by atoms with van der Waals surface area (Å²) in [6, 6.07) is 54.9. The smallest absolute Gasteiger partial charge is 0.259 e. The zero-order valence-electron chi connectivity index (χ0n) is 39.9. The number of aromatic nitrogens is 2. The number of rotatable bonds is 15. The highest BCUT2D eigenvalue weighted by Crippen LogP contribution is 2.42. The first-order chi connectivity index (χ1) is 36.1. The van der Waals surface area contributed by atoms with Crippen molar-refractivity contribution in [2.45, 2.75) is 32.6 Å². The van der Waals surface area contributed by atoms with Crippen LogP contribution in [0.3, 0.4) is 0 Å². The van der Waals surface area contributed by atoms with Crippen LogP contribution in [0, 0.1) is 0 Å². The van der Waals surface area contributed by atoms with Crippen LogP contribution in [0.15, 0.2) is 209 Å². The summed E-state index contributed by atoms with van der Waals surface area (Å²) in [5, 5.41) is 55.5. The lowest BCUT2D eigenvalue weighted by molar-refractivity contribution is 0.101. The monoisotopic (exact) mass is 1010 g/mol. The molecule has 10 rings (SSSR count). The van der Waals surface area contributed by atoms with Crippen LogP contribution in [0.1, 0.15) is 52.5 Å². The van der Waals surface area contributed by atoms with Gasteiger partial charge >= 0.3 is 0 Å². The number of phenolic OH excluding ortho intramolecular Hbond substituents is 2. The van der Waals surface area contributed by atoms with Gasteiger partial charge in [0.1, 0.15) is 17.1 Å². The Bertz CT molecular complexity index is 3750. The molecule has 2 amide bonds. The molecule has 4 N–H and O–H groups in total. The molecular formula is C60H46Cl2N8O4. The van der Waals surface area contributed by atoms with Crippen molar-refractivity contribution >= 4 is 90.7 Å². The van der Waals surface area contributed by atoms with Crippen LogP contribution in [0.4, 0.5) is 34.1 Å². The predicted molar refractivity (Wildman–Crippen MR) is 296 cm³/mol. The standard InChI is InChI=1S/C60H46Cl2N8O4/c1-2-3-4-9-37-14-16-39(17-15-37)54-53(38-18-24-46(25-19-38)65-67-55-49-12-7-5-10-40(49)34-51(57(55)71)59(73)63-44-26-20-42(61)21-27-44)36-70(69-54)48-32-30-47(31-33-48)66-68-56-50-13-8-6-11-41(50)35-52(58(56)72)60(74)64-45-28-22-43(62)23-29-45/h5-8,10-36,71-72H,2-4,9H2,1H3,(H,63,73)(H,64,74). The Hall–Kier alpha value is -8.97. The molecule has 0 bridgehead atoms. The highest BCUT2D eigenvalue weighted by molar-refractivity contribution is 6.31. The van der Waals surface area contributed by atoms with E-state index in [-0.39, 0.29) is 34.0 Å². The summed E-state index contributed by atoms with van der Waals surface area (Å²) in [4.78, 5) is 26.9. The molecule has 0 unspecified atom stereocenters. The minimum absolute atomic E-state index is 0.0484. The Kier molecular flexibility index (Phi) is 14.3. The van der Waals surface area contributed by atoms with Gasteiger partial charge in [-0.25, -0.2) is 4.68 Å². The average molecular weight is 1010 g/mol. The topological polar surface area (TPSA) is 166 Å². The minimum Gasteiger partial charge on any atom is -0.505 e. The molecular weight excluding hydrogens is 968 g/mol. The summed E-state index contributed by atoms with van der Waals surface area (Å²) >= 11 is 12.1. The van der Waals surface area contributed by atoms with Crippen LogP contribution in [0.2, 0.25) is 10.0 Å². The number of phenols is 2. The molecule has 1 aromatic heterocycles. The molecule has 0 spiro atoms. The molecule has 14 heteroatoms. The van der Waals surface area contributed by atoms with E-state index in [0.717, 1.165) is 47.3 Å². The maximum absolute atomic E-state index is 13.5. The highest BCUT2D eigenvalue weighted by Gasteiger charge is 2.21. The number of fused-ring (bicyclic) bond motifs is 2. The average Bonchev–Trinajstić information content (AvgIpc) is 3.87. The largest absolute Gasteiger partial charge is 0.505 e. The van der Waals surface area contributed by atoms with Gasteiger partial charge in [-0.15, -0.1) is 10.2 Å². The SMILES string of the molecule is CCCCCc1ccc(-c2nn(-c3ccc(N=Nc4c(O)c(C(=O)Nc5ccc(Cl)cc5)cc5ccccc45)cc3)cc2-c2ccc(N=Nc3c(O)c(C(=O)Nc4ccc(Cl)cc4)cc4ccccc34)cc2)cc1. The Labute approximate surface area is 436 Å². The number of amides is 2. The number of anilines is 2. The van der Waals surface area contributed by atoms with E-state index >= 15 is 0 Å². The molecule has 0 aliphatic carbocycles. The number of halogens is 2. The van der Waals surface area contributed by atoms with Crippen LogP contribution in [-0.2, 0) is 6.42 Å². The van der Waals surface area contributed by atoms with Gasteiger partial charge < -0.3 is 20.8 Å². The number of carbonyl (C=O) groups excluding carboxylic acids is 2. The van der Waals surface area contributed by atoms with Gasteiger partial charge in [0.25, 0.3) is 11.8 Å². The summed E-state index contributed by atoms with van der Waals surface area (Å²) in [5.41, 5.74) is 8.03.